The molecule has 7 heteroatoms. The maximum Gasteiger partial charge on any atom is 0.434 e. The van der Waals surface area contributed by atoms with Gasteiger partial charge in [0.05, 0.1) is 0 Å². The fraction of sp³-hybridized carbons (Fsp3) is 0.364. The third kappa shape index (κ3) is 4.20. The van der Waals surface area contributed by atoms with Crippen molar-refractivity contribution in [3.63, 3.8) is 0 Å². The van der Waals surface area contributed by atoms with E-state index in [4.69, 9.17) is 4.84 Å². The summed E-state index contributed by atoms with van der Waals surface area (Å²) in [7, 11) is 0. The zero-order valence-corrected chi connectivity index (χ0v) is 22.5. The number of amides is 3. The number of piperidine rings is 1. The van der Waals surface area contributed by atoms with E-state index in [1.165, 1.54) is 38.9 Å². The Hall–Kier alpha value is -3.97. The Kier molecular flexibility index (Phi) is 6.19. The molecule has 0 saturated carbocycles. The van der Waals surface area contributed by atoms with Gasteiger partial charge in [-0.2, -0.15) is 0 Å². The summed E-state index contributed by atoms with van der Waals surface area (Å²) in [4.78, 5) is 43.6. The van der Waals surface area contributed by atoms with Crippen molar-refractivity contribution in [1.29, 1.82) is 0 Å². The van der Waals surface area contributed by atoms with Crippen LogP contribution in [-0.2, 0) is 27.3 Å². The van der Waals surface area contributed by atoms with Gasteiger partial charge in [0.1, 0.15) is 0 Å². The molecule has 0 bridgehead atoms. The van der Waals surface area contributed by atoms with Crippen LogP contribution in [0, 0.1) is 5.41 Å². The molecule has 3 amide bonds. The zero-order valence-electron chi connectivity index (χ0n) is 22.5. The Labute approximate surface area is 234 Å². The average Bonchev–Trinajstić information content (AvgIpc) is 3.65. The highest BCUT2D eigenvalue weighted by Crippen LogP contribution is 2.53. The lowest BCUT2D eigenvalue weighted by molar-refractivity contribution is -0.174. The number of nitrogens with zero attached hydrogens (tertiary/aromatic N) is 2. The van der Waals surface area contributed by atoms with E-state index < -0.39 is 17.9 Å². The average molecular weight is 536 g/mol. The van der Waals surface area contributed by atoms with Gasteiger partial charge in [-0.15, -0.1) is 5.06 Å². The Balaban J connectivity index is 1.18. The topological polar surface area (TPSA) is 79.0 Å². The standard InChI is InChI=1S/C33H33N3O4/c37-28-12-13-29(38)36(28)40-32(39)35-18-15-33(16-19-35)14-17-34-31(33)30-24(20-22-6-2-1-3-7-22)10-11-26-25-9-5-4-8-23(25)21-27(26)30/h1-11,31,34H,12-21H2. The molecule has 204 valence electrons. The summed E-state index contributed by atoms with van der Waals surface area (Å²) in [6.07, 6.45) is 4.12. The van der Waals surface area contributed by atoms with Crippen molar-refractivity contribution in [3.05, 3.63) is 94.5 Å². The van der Waals surface area contributed by atoms with Gasteiger partial charge in [-0.3, -0.25) is 9.59 Å². The minimum Gasteiger partial charge on any atom is -0.311 e. The summed E-state index contributed by atoms with van der Waals surface area (Å²) in [6.45, 7) is 2.01. The van der Waals surface area contributed by atoms with Crippen molar-refractivity contribution in [1.82, 2.24) is 15.3 Å². The van der Waals surface area contributed by atoms with Crippen LogP contribution in [0.5, 0.6) is 0 Å². The first-order chi connectivity index (χ1) is 19.5. The predicted molar refractivity (Wildman–Crippen MR) is 150 cm³/mol. The molecule has 7 rings (SSSR count). The number of hydrogen-bond acceptors (Lipinski definition) is 5. The fourth-order valence-corrected chi connectivity index (χ4v) is 7.31. The maximum absolute atomic E-state index is 12.9. The minimum absolute atomic E-state index is 0.0192. The summed E-state index contributed by atoms with van der Waals surface area (Å²) in [5, 5.41) is 4.54. The normalized spacial score (nSPS) is 21.1. The van der Waals surface area contributed by atoms with Gasteiger partial charge in [0.15, 0.2) is 0 Å². The number of imide groups is 1. The highest BCUT2D eigenvalue weighted by molar-refractivity contribution is 6.01. The number of carbonyl (C=O) groups excluding carboxylic acids is 3. The second kappa shape index (κ2) is 9.89. The van der Waals surface area contributed by atoms with Crippen LogP contribution >= 0.6 is 0 Å². The summed E-state index contributed by atoms with van der Waals surface area (Å²) < 4.78 is 0. The number of benzene rings is 3. The molecule has 3 fully saturated rings. The molecule has 3 aromatic carbocycles. The second-order valence-electron chi connectivity index (χ2n) is 11.6. The molecule has 1 atom stereocenters. The molecule has 1 spiro atoms. The molecular formula is C33H33N3O4. The summed E-state index contributed by atoms with van der Waals surface area (Å²) in [6, 6.07) is 24.2. The Morgan fingerprint density at radius 3 is 2.38 bits per heavy atom. The molecular weight excluding hydrogens is 502 g/mol. The Bertz CT molecular complexity index is 1480. The lowest BCUT2D eigenvalue weighted by Crippen LogP contribution is -2.47. The van der Waals surface area contributed by atoms with Crippen molar-refractivity contribution in [2.45, 2.75) is 51.0 Å². The number of likely N-dealkylation sites (tertiary alicyclic amines) is 1. The van der Waals surface area contributed by atoms with Gasteiger partial charge < -0.3 is 15.1 Å². The van der Waals surface area contributed by atoms with Gasteiger partial charge in [-0.25, -0.2) is 4.79 Å². The van der Waals surface area contributed by atoms with E-state index in [0.29, 0.717) is 18.2 Å². The third-order valence-electron chi connectivity index (χ3n) is 9.42. The number of hydroxylamine groups is 2. The van der Waals surface area contributed by atoms with Crippen LogP contribution in [0.25, 0.3) is 11.1 Å². The number of nitrogens with one attached hydrogen (secondary N) is 1. The molecule has 1 aliphatic carbocycles. The second-order valence-corrected chi connectivity index (χ2v) is 11.6. The zero-order chi connectivity index (χ0) is 27.3. The molecule has 3 aliphatic heterocycles. The SMILES string of the molecule is O=C(ON1C(=O)CCC1=O)N1CCC2(CCNC2c2c(Cc3ccccc3)ccc3c2Cc2ccccc2-3)CC1. The summed E-state index contributed by atoms with van der Waals surface area (Å²) >= 11 is 0. The molecule has 1 unspecified atom stereocenters. The summed E-state index contributed by atoms with van der Waals surface area (Å²) in [5.41, 5.74) is 9.60. The van der Waals surface area contributed by atoms with Crippen molar-refractivity contribution in [2.24, 2.45) is 5.41 Å². The van der Waals surface area contributed by atoms with E-state index >= 15 is 0 Å². The fourth-order valence-electron chi connectivity index (χ4n) is 7.31. The molecule has 0 radical (unpaired) electrons. The Morgan fingerprint density at radius 1 is 0.875 bits per heavy atom. The van der Waals surface area contributed by atoms with Gasteiger partial charge in [-0.05, 0) is 83.0 Å². The van der Waals surface area contributed by atoms with Crippen LogP contribution in [0.1, 0.15) is 66.0 Å². The minimum atomic E-state index is -0.609. The first kappa shape index (κ1) is 25.0. The van der Waals surface area contributed by atoms with Crippen LogP contribution in [0.15, 0.2) is 66.7 Å². The van der Waals surface area contributed by atoms with Gasteiger partial charge in [0.25, 0.3) is 11.8 Å². The smallest absolute Gasteiger partial charge is 0.311 e. The molecule has 0 aromatic heterocycles. The largest absolute Gasteiger partial charge is 0.434 e. The highest BCUT2D eigenvalue weighted by Gasteiger charge is 2.48. The highest BCUT2D eigenvalue weighted by atomic mass is 16.7. The number of rotatable bonds is 4. The Morgan fingerprint density at radius 2 is 1.60 bits per heavy atom. The molecule has 1 N–H and O–H groups in total. The number of fused-ring (bicyclic) bond motifs is 3. The van der Waals surface area contributed by atoms with E-state index in [0.717, 1.165) is 38.6 Å². The van der Waals surface area contributed by atoms with E-state index in [1.807, 2.05) is 0 Å². The van der Waals surface area contributed by atoms with Crippen molar-refractivity contribution >= 4 is 17.9 Å². The van der Waals surface area contributed by atoms with Crippen molar-refractivity contribution in [2.75, 3.05) is 19.6 Å². The first-order valence-corrected chi connectivity index (χ1v) is 14.4. The lowest BCUT2D eigenvalue weighted by Gasteiger charge is -2.43. The quantitative estimate of drug-likeness (QED) is 0.365. The van der Waals surface area contributed by atoms with Gasteiger partial charge in [0, 0.05) is 32.0 Å². The monoisotopic (exact) mass is 535 g/mol. The maximum atomic E-state index is 12.9. The molecule has 3 aromatic rings. The van der Waals surface area contributed by atoms with Crippen molar-refractivity contribution < 1.29 is 19.2 Å². The molecule has 7 nitrogen and oxygen atoms in total. The van der Waals surface area contributed by atoms with Crippen LogP contribution in [0.2, 0.25) is 0 Å². The molecule has 4 aliphatic rings. The molecule has 3 heterocycles. The first-order valence-electron chi connectivity index (χ1n) is 14.4. The van der Waals surface area contributed by atoms with Gasteiger partial charge >= 0.3 is 6.09 Å². The van der Waals surface area contributed by atoms with Crippen LogP contribution in [0.4, 0.5) is 4.79 Å². The van der Waals surface area contributed by atoms with E-state index in [1.54, 1.807) is 4.90 Å². The van der Waals surface area contributed by atoms with Gasteiger partial charge in [0.2, 0.25) is 0 Å². The van der Waals surface area contributed by atoms with Crippen LogP contribution in [-0.4, -0.2) is 47.5 Å². The molecule has 3 saturated heterocycles. The number of hydrogen-bond donors (Lipinski definition) is 1. The summed E-state index contributed by atoms with van der Waals surface area (Å²) in [5.74, 6) is -0.895. The van der Waals surface area contributed by atoms with E-state index in [-0.39, 0.29) is 24.3 Å². The van der Waals surface area contributed by atoms with Crippen LogP contribution < -0.4 is 5.32 Å². The van der Waals surface area contributed by atoms with Gasteiger partial charge in [-0.1, -0.05) is 66.7 Å². The predicted octanol–water partition coefficient (Wildman–Crippen LogP) is 5.17. The van der Waals surface area contributed by atoms with E-state index in [9.17, 15) is 14.4 Å². The van der Waals surface area contributed by atoms with Crippen LogP contribution in [0.3, 0.4) is 0 Å². The number of carbonyl (C=O) groups is 3. The lowest BCUT2D eigenvalue weighted by atomic mass is 9.68. The third-order valence-corrected chi connectivity index (χ3v) is 9.42. The van der Waals surface area contributed by atoms with Crippen molar-refractivity contribution in [3.8, 4) is 11.1 Å². The van der Waals surface area contributed by atoms with E-state index in [2.05, 4.69) is 72.0 Å². The molecule has 40 heavy (non-hydrogen) atoms.